The Morgan fingerprint density at radius 3 is 2.23 bits per heavy atom. The standard InChI is InChI=1S/C27H28N4O4/c1-34-20-11-7-18(8-12-20)15-24(19-9-13-21(35-2)14-10-19)29-16-26-30-23-6-4-3-5-22(23)27(33)31(26)17-25(28)32/h3-14,24,29H,15-17H2,1-2H3,(H2,28,32)/t24-/m0/s1. The van der Waals surface area contributed by atoms with E-state index in [9.17, 15) is 9.59 Å². The van der Waals surface area contributed by atoms with Crippen molar-refractivity contribution in [1.29, 1.82) is 0 Å². The van der Waals surface area contributed by atoms with Gasteiger partial charge in [-0.2, -0.15) is 0 Å². The van der Waals surface area contributed by atoms with Crippen LogP contribution in [0.15, 0.2) is 77.6 Å². The fourth-order valence-electron chi connectivity index (χ4n) is 4.02. The van der Waals surface area contributed by atoms with Crippen LogP contribution in [0.4, 0.5) is 0 Å². The highest BCUT2D eigenvalue weighted by Gasteiger charge is 2.17. The maximum atomic E-state index is 13.1. The van der Waals surface area contributed by atoms with Gasteiger partial charge in [-0.3, -0.25) is 14.2 Å². The summed E-state index contributed by atoms with van der Waals surface area (Å²) in [5.74, 6) is 1.40. The van der Waals surface area contributed by atoms with Gasteiger partial charge in [-0.1, -0.05) is 36.4 Å². The Kier molecular flexibility index (Phi) is 7.42. The summed E-state index contributed by atoms with van der Waals surface area (Å²) in [7, 11) is 3.27. The number of nitrogens with zero attached hydrogens (tertiary/aromatic N) is 2. The van der Waals surface area contributed by atoms with Crippen molar-refractivity contribution < 1.29 is 14.3 Å². The molecule has 1 amide bonds. The van der Waals surface area contributed by atoms with Gasteiger partial charge in [-0.15, -0.1) is 0 Å². The Bertz CT molecular complexity index is 1370. The molecule has 1 atom stereocenters. The van der Waals surface area contributed by atoms with E-state index in [4.69, 9.17) is 15.2 Å². The number of primary amides is 1. The molecule has 0 bridgehead atoms. The fourth-order valence-corrected chi connectivity index (χ4v) is 4.02. The van der Waals surface area contributed by atoms with Crippen molar-refractivity contribution >= 4 is 16.8 Å². The van der Waals surface area contributed by atoms with E-state index in [1.54, 1.807) is 32.4 Å². The number of hydrogen-bond acceptors (Lipinski definition) is 6. The van der Waals surface area contributed by atoms with Crippen LogP contribution in [0.25, 0.3) is 10.9 Å². The van der Waals surface area contributed by atoms with E-state index in [2.05, 4.69) is 10.3 Å². The number of carbonyl (C=O) groups excluding carboxylic acids is 1. The molecule has 0 aliphatic carbocycles. The number of rotatable bonds is 10. The van der Waals surface area contributed by atoms with Crippen LogP contribution in [0.1, 0.15) is 23.0 Å². The number of ether oxygens (including phenoxy) is 2. The van der Waals surface area contributed by atoms with E-state index in [1.165, 1.54) is 4.57 Å². The first-order valence-corrected chi connectivity index (χ1v) is 11.3. The van der Waals surface area contributed by atoms with E-state index in [-0.39, 0.29) is 24.7 Å². The van der Waals surface area contributed by atoms with Crippen molar-refractivity contribution in [1.82, 2.24) is 14.9 Å². The van der Waals surface area contributed by atoms with E-state index < -0.39 is 5.91 Å². The van der Waals surface area contributed by atoms with Gasteiger partial charge in [-0.25, -0.2) is 4.98 Å². The van der Waals surface area contributed by atoms with Crippen LogP contribution >= 0.6 is 0 Å². The zero-order chi connectivity index (χ0) is 24.8. The number of carbonyl (C=O) groups is 1. The third-order valence-electron chi connectivity index (χ3n) is 5.88. The summed E-state index contributed by atoms with van der Waals surface area (Å²) in [6.45, 7) is 0.0273. The summed E-state index contributed by atoms with van der Waals surface area (Å²) in [5, 5.41) is 3.97. The first-order chi connectivity index (χ1) is 17.0. The quantitative estimate of drug-likeness (QED) is 0.367. The average Bonchev–Trinajstić information content (AvgIpc) is 2.88. The summed E-state index contributed by atoms with van der Waals surface area (Å²) in [5.41, 5.74) is 7.88. The molecule has 3 aromatic carbocycles. The monoisotopic (exact) mass is 472 g/mol. The Hall–Kier alpha value is -4.17. The number of nitrogens with one attached hydrogen (secondary N) is 1. The molecule has 0 radical (unpaired) electrons. The molecule has 8 nitrogen and oxygen atoms in total. The summed E-state index contributed by atoms with van der Waals surface area (Å²) >= 11 is 0. The second kappa shape index (κ2) is 10.8. The zero-order valence-corrected chi connectivity index (χ0v) is 19.7. The van der Waals surface area contributed by atoms with Crippen molar-refractivity contribution in [2.24, 2.45) is 5.73 Å². The highest BCUT2D eigenvalue weighted by atomic mass is 16.5. The second-order valence-corrected chi connectivity index (χ2v) is 8.16. The van der Waals surface area contributed by atoms with Gasteiger partial charge in [0.2, 0.25) is 5.91 Å². The minimum absolute atomic E-state index is 0.0975. The van der Waals surface area contributed by atoms with Gasteiger partial charge in [0.15, 0.2) is 0 Å². The van der Waals surface area contributed by atoms with Crippen molar-refractivity contribution in [3.8, 4) is 11.5 Å². The molecule has 4 rings (SSSR count). The van der Waals surface area contributed by atoms with Crippen molar-refractivity contribution in [3.63, 3.8) is 0 Å². The summed E-state index contributed by atoms with van der Waals surface area (Å²) in [4.78, 5) is 29.5. The SMILES string of the molecule is COc1ccc(C[C@H](NCc2nc3ccccc3c(=O)n2CC(N)=O)c2ccc(OC)cc2)cc1. The van der Waals surface area contributed by atoms with E-state index in [0.29, 0.717) is 23.1 Å². The van der Waals surface area contributed by atoms with Crippen LogP contribution in [0, 0.1) is 0 Å². The molecule has 8 heteroatoms. The van der Waals surface area contributed by atoms with E-state index in [1.807, 2.05) is 54.6 Å². The predicted molar refractivity (Wildman–Crippen MR) is 134 cm³/mol. The lowest BCUT2D eigenvalue weighted by molar-refractivity contribution is -0.118. The van der Waals surface area contributed by atoms with E-state index >= 15 is 0 Å². The molecule has 1 aromatic heterocycles. The number of hydrogen-bond donors (Lipinski definition) is 2. The van der Waals surface area contributed by atoms with Crippen molar-refractivity contribution in [2.75, 3.05) is 14.2 Å². The maximum Gasteiger partial charge on any atom is 0.261 e. The zero-order valence-electron chi connectivity index (χ0n) is 19.7. The molecule has 0 saturated carbocycles. The molecule has 0 aliphatic rings. The number of amides is 1. The molecule has 0 spiro atoms. The first-order valence-electron chi connectivity index (χ1n) is 11.3. The van der Waals surface area contributed by atoms with Gasteiger partial charge in [0.05, 0.1) is 31.7 Å². The fraction of sp³-hybridized carbons (Fsp3) is 0.222. The Labute approximate surface area is 203 Å². The summed E-state index contributed by atoms with van der Waals surface area (Å²) < 4.78 is 11.9. The van der Waals surface area contributed by atoms with Gasteiger partial charge in [0, 0.05) is 6.04 Å². The smallest absolute Gasteiger partial charge is 0.261 e. The minimum atomic E-state index is -0.602. The van der Waals surface area contributed by atoms with Gasteiger partial charge in [0.25, 0.3) is 5.56 Å². The Balaban J connectivity index is 1.67. The summed E-state index contributed by atoms with van der Waals surface area (Å²) in [6.07, 6.45) is 0.684. The van der Waals surface area contributed by atoms with Crippen LogP contribution in [0.3, 0.4) is 0 Å². The van der Waals surface area contributed by atoms with Crippen LogP contribution in [0.5, 0.6) is 11.5 Å². The molecule has 0 fully saturated rings. The number of benzene rings is 3. The molecule has 0 saturated heterocycles. The average molecular weight is 473 g/mol. The Morgan fingerprint density at radius 1 is 0.971 bits per heavy atom. The molecule has 3 N–H and O–H groups in total. The number of aromatic nitrogens is 2. The number of para-hydroxylation sites is 1. The summed E-state index contributed by atoms with van der Waals surface area (Å²) in [6, 6.07) is 22.7. The van der Waals surface area contributed by atoms with E-state index in [0.717, 1.165) is 22.6 Å². The number of nitrogens with two attached hydrogens (primary N) is 1. The van der Waals surface area contributed by atoms with Crippen LogP contribution in [-0.2, 0) is 24.3 Å². The van der Waals surface area contributed by atoms with Crippen molar-refractivity contribution in [2.45, 2.75) is 25.6 Å². The first kappa shape index (κ1) is 24.0. The highest BCUT2D eigenvalue weighted by molar-refractivity contribution is 5.78. The number of methoxy groups -OCH3 is 2. The third kappa shape index (κ3) is 5.67. The highest BCUT2D eigenvalue weighted by Crippen LogP contribution is 2.23. The second-order valence-electron chi connectivity index (χ2n) is 8.16. The third-order valence-corrected chi connectivity index (χ3v) is 5.88. The molecule has 180 valence electrons. The van der Waals surface area contributed by atoms with Gasteiger partial charge < -0.3 is 20.5 Å². The van der Waals surface area contributed by atoms with Gasteiger partial charge >= 0.3 is 0 Å². The molecular weight excluding hydrogens is 444 g/mol. The van der Waals surface area contributed by atoms with Crippen LogP contribution in [-0.4, -0.2) is 29.7 Å². The lowest BCUT2D eigenvalue weighted by Crippen LogP contribution is -2.34. The van der Waals surface area contributed by atoms with Crippen LogP contribution < -0.4 is 26.1 Å². The van der Waals surface area contributed by atoms with Crippen LogP contribution in [0.2, 0.25) is 0 Å². The molecule has 1 heterocycles. The van der Waals surface area contributed by atoms with Gasteiger partial charge in [-0.05, 0) is 53.9 Å². The number of fused-ring (bicyclic) bond motifs is 1. The molecule has 0 aliphatic heterocycles. The minimum Gasteiger partial charge on any atom is -0.497 e. The lowest BCUT2D eigenvalue weighted by atomic mass is 9.98. The predicted octanol–water partition coefficient (Wildman–Crippen LogP) is 2.97. The normalized spacial score (nSPS) is 11.8. The topological polar surface area (TPSA) is 108 Å². The molecule has 35 heavy (non-hydrogen) atoms. The molecular formula is C27H28N4O4. The molecule has 4 aromatic rings. The Morgan fingerprint density at radius 2 is 1.60 bits per heavy atom. The molecule has 0 unspecified atom stereocenters. The lowest BCUT2D eigenvalue weighted by Gasteiger charge is -2.21. The maximum absolute atomic E-state index is 13.1. The largest absolute Gasteiger partial charge is 0.497 e. The van der Waals surface area contributed by atoms with Crippen molar-refractivity contribution in [3.05, 3.63) is 100 Å². The van der Waals surface area contributed by atoms with Gasteiger partial charge in [0.1, 0.15) is 23.9 Å².